The SMILES string of the molecule is Cc1nn(C)c(C)c1CN(C)S(=O)(=O)c1ccccc1[N+](=O)[O-]. The molecular formula is C14H18N4O4S. The monoisotopic (exact) mass is 338 g/mol. The fourth-order valence-corrected chi connectivity index (χ4v) is 3.64. The number of nitro groups is 1. The van der Waals surface area contributed by atoms with Crippen LogP contribution in [0.2, 0.25) is 0 Å². The van der Waals surface area contributed by atoms with Crippen molar-refractivity contribution in [3.8, 4) is 0 Å². The van der Waals surface area contributed by atoms with Crippen molar-refractivity contribution in [2.75, 3.05) is 7.05 Å². The Morgan fingerprint density at radius 2 is 1.91 bits per heavy atom. The predicted octanol–water partition coefficient (Wildman–Crippen LogP) is 1.77. The highest BCUT2D eigenvalue weighted by Crippen LogP contribution is 2.27. The first-order valence-electron chi connectivity index (χ1n) is 6.85. The van der Waals surface area contributed by atoms with E-state index in [1.165, 1.54) is 31.3 Å². The van der Waals surface area contributed by atoms with Gasteiger partial charge in [0.05, 0.1) is 10.6 Å². The third-order valence-electron chi connectivity index (χ3n) is 3.79. The maximum atomic E-state index is 12.7. The van der Waals surface area contributed by atoms with Gasteiger partial charge in [-0.15, -0.1) is 0 Å². The smallest absolute Gasteiger partial charge is 0.272 e. The van der Waals surface area contributed by atoms with Gasteiger partial charge in [-0.05, 0) is 19.9 Å². The molecule has 0 fully saturated rings. The molecule has 0 bridgehead atoms. The fraction of sp³-hybridized carbons (Fsp3) is 0.357. The van der Waals surface area contributed by atoms with Crippen LogP contribution < -0.4 is 0 Å². The lowest BCUT2D eigenvalue weighted by atomic mass is 10.2. The van der Waals surface area contributed by atoms with E-state index in [2.05, 4.69) is 5.10 Å². The normalized spacial score (nSPS) is 11.9. The Balaban J connectivity index is 2.42. The number of benzene rings is 1. The number of hydrogen-bond donors (Lipinski definition) is 0. The highest BCUT2D eigenvalue weighted by Gasteiger charge is 2.30. The second-order valence-corrected chi connectivity index (χ2v) is 7.27. The zero-order valence-corrected chi connectivity index (χ0v) is 14.2. The van der Waals surface area contributed by atoms with Crippen LogP contribution in [-0.4, -0.2) is 34.5 Å². The Bertz CT molecular complexity index is 858. The molecule has 124 valence electrons. The number of hydrogen-bond acceptors (Lipinski definition) is 5. The summed E-state index contributed by atoms with van der Waals surface area (Å²) in [4.78, 5) is 10.1. The highest BCUT2D eigenvalue weighted by molar-refractivity contribution is 7.89. The number of aryl methyl sites for hydroxylation is 2. The van der Waals surface area contributed by atoms with Crippen LogP contribution in [0.4, 0.5) is 5.69 Å². The number of aromatic nitrogens is 2. The van der Waals surface area contributed by atoms with Gasteiger partial charge >= 0.3 is 0 Å². The molecule has 0 saturated carbocycles. The van der Waals surface area contributed by atoms with E-state index in [0.29, 0.717) is 0 Å². The molecule has 1 heterocycles. The number of para-hydroxylation sites is 1. The number of nitrogens with zero attached hydrogens (tertiary/aromatic N) is 4. The number of rotatable bonds is 5. The summed E-state index contributed by atoms with van der Waals surface area (Å²) in [5.41, 5.74) is 1.94. The molecule has 1 aromatic heterocycles. The van der Waals surface area contributed by atoms with Crippen LogP contribution in [0.5, 0.6) is 0 Å². The van der Waals surface area contributed by atoms with Gasteiger partial charge in [-0.1, -0.05) is 12.1 Å². The van der Waals surface area contributed by atoms with Crippen molar-refractivity contribution in [3.63, 3.8) is 0 Å². The zero-order valence-electron chi connectivity index (χ0n) is 13.3. The summed E-state index contributed by atoms with van der Waals surface area (Å²) in [6.45, 7) is 3.74. The lowest BCUT2D eigenvalue weighted by Gasteiger charge is -2.17. The van der Waals surface area contributed by atoms with Gasteiger partial charge in [-0.25, -0.2) is 8.42 Å². The molecule has 0 unspecified atom stereocenters. The maximum Gasteiger partial charge on any atom is 0.289 e. The van der Waals surface area contributed by atoms with Crippen LogP contribution in [0.25, 0.3) is 0 Å². The number of sulfonamides is 1. The lowest BCUT2D eigenvalue weighted by Crippen LogP contribution is -2.27. The van der Waals surface area contributed by atoms with Crippen LogP contribution >= 0.6 is 0 Å². The van der Waals surface area contributed by atoms with Crippen LogP contribution in [0.3, 0.4) is 0 Å². The first-order chi connectivity index (χ1) is 10.7. The minimum Gasteiger partial charge on any atom is -0.272 e. The van der Waals surface area contributed by atoms with Gasteiger partial charge in [0.2, 0.25) is 10.0 Å². The number of nitro benzene ring substituents is 1. The van der Waals surface area contributed by atoms with Crippen molar-refractivity contribution in [2.24, 2.45) is 7.05 Å². The predicted molar refractivity (Wildman–Crippen MR) is 84.4 cm³/mol. The second kappa shape index (κ2) is 6.09. The van der Waals surface area contributed by atoms with Crippen molar-refractivity contribution in [3.05, 3.63) is 51.3 Å². The van der Waals surface area contributed by atoms with E-state index in [9.17, 15) is 18.5 Å². The molecule has 0 atom stereocenters. The van der Waals surface area contributed by atoms with Gasteiger partial charge < -0.3 is 0 Å². The Morgan fingerprint density at radius 3 is 2.43 bits per heavy atom. The third kappa shape index (κ3) is 3.10. The minimum absolute atomic E-state index is 0.0971. The van der Waals surface area contributed by atoms with Crippen molar-refractivity contribution in [1.82, 2.24) is 14.1 Å². The average molecular weight is 338 g/mol. The average Bonchev–Trinajstić information content (AvgIpc) is 2.73. The summed E-state index contributed by atoms with van der Waals surface area (Å²) < 4.78 is 28.2. The highest BCUT2D eigenvalue weighted by atomic mass is 32.2. The largest absolute Gasteiger partial charge is 0.289 e. The molecule has 1 aromatic carbocycles. The molecule has 2 aromatic rings. The van der Waals surface area contributed by atoms with Crippen molar-refractivity contribution >= 4 is 15.7 Å². The van der Waals surface area contributed by atoms with E-state index in [0.717, 1.165) is 21.3 Å². The molecule has 0 radical (unpaired) electrons. The molecule has 23 heavy (non-hydrogen) atoms. The van der Waals surface area contributed by atoms with Crippen LogP contribution in [0, 0.1) is 24.0 Å². The minimum atomic E-state index is -3.98. The van der Waals surface area contributed by atoms with Gasteiger partial charge in [0.1, 0.15) is 0 Å². The fourth-order valence-electron chi connectivity index (χ4n) is 2.35. The molecule has 8 nitrogen and oxygen atoms in total. The van der Waals surface area contributed by atoms with Crippen molar-refractivity contribution in [2.45, 2.75) is 25.3 Å². The molecule has 0 saturated heterocycles. The van der Waals surface area contributed by atoms with Gasteiger partial charge in [0.25, 0.3) is 5.69 Å². The molecule has 2 rings (SSSR count). The Labute approximate surface area is 134 Å². The molecule has 9 heteroatoms. The van der Waals surface area contributed by atoms with Gasteiger partial charge in [0.15, 0.2) is 4.90 Å². The molecule has 0 N–H and O–H groups in total. The molecule has 0 aliphatic rings. The van der Waals surface area contributed by atoms with E-state index in [1.807, 2.05) is 6.92 Å². The van der Waals surface area contributed by atoms with Crippen LogP contribution in [-0.2, 0) is 23.6 Å². The first kappa shape index (κ1) is 17.1. The molecule has 0 spiro atoms. The first-order valence-corrected chi connectivity index (χ1v) is 8.29. The summed E-state index contributed by atoms with van der Waals surface area (Å²) in [6.07, 6.45) is 0. The Kier molecular flexibility index (Phi) is 4.53. The van der Waals surface area contributed by atoms with Gasteiger partial charge in [-0.2, -0.15) is 9.40 Å². The second-order valence-electron chi connectivity index (χ2n) is 5.26. The van der Waals surface area contributed by atoms with Gasteiger partial charge in [0, 0.05) is 38.0 Å². The van der Waals surface area contributed by atoms with E-state index in [-0.39, 0.29) is 11.4 Å². The van der Waals surface area contributed by atoms with E-state index in [1.54, 1.807) is 18.7 Å². The van der Waals surface area contributed by atoms with E-state index < -0.39 is 20.6 Å². The Morgan fingerprint density at radius 1 is 1.30 bits per heavy atom. The van der Waals surface area contributed by atoms with Gasteiger partial charge in [-0.3, -0.25) is 14.8 Å². The summed E-state index contributed by atoms with van der Waals surface area (Å²) in [5.74, 6) is 0. The molecule has 0 amide bonds. The third-order valence-corrected chi connectivity index (χ3v) is 5.64. The topological polar surface area (TPSA) is 98.3 Å². The van der Waals surface area contributed by atoms with Crippen LogP contribution in [0.1, 0.15) is 17.0 Å². The maximum absolute atomic E-state index is 12.7. The standard InChI is InChI=1S/C14H18N4O4S/c1-10-12(11(2)17(4)15-10)9-16(3)23(21,22)14-8-6-5-7-13(14)18(19)20/h5-8H,9H2,1-4H3. The summed E-state index contributed by atoms with van der Waals surface area (Å²) >= 11 is 0. The molecule has 0 aliphatic carbocycles. The summed E-state index contributed by atoms with van der Waals surface area (Å²) in [5, 5.41) is 15.3. The summed E-state index contributed by atoms with van der Waals surface area (Å²) in [7, 11) is -0.802. The van der Waals surface area contributed by atoms with Crippen molar-refractivity contribution in [1.29, 1.82) is 0 Å². The molecule has 0 aliphatic heterocycles. The molecular weight excluding hydrogens is 320 g/mol. The quantitative estimate of drug-likeness (QED) is 0.611. The van der Waals surface area contributed by atoms with E-state index in [4.69, 9.17) is 0 Å². The van der Waals surface area contributed by atoms with E-state index >= 15 is 0 Å². The summed E-state index contributed by atoms with van der Waals surface area (Å²) in [6, 6.07) is 5.33. The Hall–Kier alpha value is -2.26. The van der Waals surface area contributed by atoms with Crippen LogP contribution in [0.15, 0.2) is 29.2 Å². The zero-order chi connectivity index (χ0) is 17.4. The lowest BCUT2D eigenvalue weighted by molar-refractivity contribution is -0.387. The van der Waals surface area contributed by atoms with Crippen molar-refractivity contribution < 1.29 is 13.3 Å².